The molecule has 1 N–H and O–H groups in total. The SMILES string of the molecule is COc1ccc(C(=O)O)cc1-c1cccc(C2COC2)c1. The van der Waals surface area contributed by atoms with Gasteiger partial charge < -0.3 is 14.6 Å². The van der Waals surface area contributed by atoms with E-state index < -0.39 is 5.97 Å². The number of hydrogen-bond donors (Lipinski definition) is 1. The second kappa shape index (κ2) is 5.58. The topological polar surface area (TPSA) is 55.8 Å². The summed E-state index contributed by atoms with van der Waals surface area (Å²) in [4.78, 5) is 11.2. The summed E-state index contributed by atoms with van der Waals surface area (Å²) in [7, 11) is 1.59. The van der Waals surface area contributed by atoms with Gasteiger partial charge in [-0.05, 0) is 29.3 Å². The van der Waals surface area contributed by atoms with Crippen LogP contribution in [0.2, 0.25) is 0 Å². The van der Waals surface area contributed by atoms with Gasteiger partial charge in [-0.25, -0.2) is 4.79 Å². The van der Waals surface area contributed by atoms with Gasteiger partial charge in [-0.1, -0.05) is 24.3 Å². The first-order valence-corrected chi connectivity index (χ1v) is 6.78. The number of methoxy groups -OCH3 is 1. The normalized spacial score (nSPS) is 14.5. The fourth-order valence-corrected chi connectivity index (χ4v) is 2.45. The molecule has 4 nitrogen and oxygen atoms in total. The van der Waals surface area contributed by atoms with Crippen molar-refractivity contribution in [1.82, 2.24) is 0 Å². The molecule has 21 heavy (non-hydrogen) atoms. The molecule has 0 atom stereocenters. The Kier molecular flexibility index (Phi) is 3.62. The van der Waals surface area contributed by atoms with E-state index in [1.54, 1.807) is 25.3 Å². The van der Waals surface area contributed by atoms with E-state index in [-0.39, 0.29) is 5.56 Å². The monoisotopic (exact) mass is 284 g/mol. The predicted molar refractivity (Wildman–Crippen MR) is 78.9 cm³/mol. The zero-order valence-corrected chi connectivity index (χ0v) is 11.7. The van der Waals surface area contributed by atoms with Crippen LogP contribution in [-0.2, 0) is 4.74 Å². The molecule has 1 aliphatic heterocycles. The number of rotatable bonds is 4. The van der Waals surface area contributed by atoms with E-state index in [1.807, 2.05) is 12.1 Å². The van der Waals surface area contributed by atoms with Crippen LogP contribution < -0.4 is 4.74 Å². The highest BCUT2D eigenvalue weighted by Crippen LogP contribution is 2.34. The van der Waals surface area contributed by atoms with Gasteiger partial charge in [-0.2, -0.15) is 0 Å². The highest BCUT2D eigenvalue weighted by molar-refractivity contribution is 5.90. The molecule has 0 saturated carbocycles. The first kappa shape index (κ1) is 13.6. The Morgan fingerprint density at radius 1 is 1.24 bits per heavy atom. The lowest BCUT2D eigenvalue weighted by Gasteiger charge is -2.26. The van der Waals surface area contributed by atoms with E-state index >= 15 is 0 Å². The lowest BCUT2D eigenvalue weighted by atomic mass is 9.93. The third-order valence-corrected chi connectivity index (χ3v) is 3.75. The van der Waals surface area contributed by atoms with Gasteiger partial charge in [0.15, 0.2) is 0 Å². The quantitative estimate of drug-likeness (QED) is 0.937. The standard InChI is InChI=1S/C17H16O4/c1-20-16-6-5-13(17(18)19)8-15(16)12-4-2-3-11(7-12)14-9-21-10-14/h2-8,14H,9-10H2,1H3,(H,18,19). The van der Waals surface area contributed by atoms with Crippen molar-refractivity contribution in [3.05, 3.63) is 53.6 Å². The molecule has 2 aromatic carbocycles. The molecule has 1 heterocycles. The van der Waals surface area contributed by atoms with Crippen molar-refractivity contribution in [1.29, 1.82) is 0 Å². The number of benzene rings is 2. The Bertz CT molecular complexity index is 674. The van der Waals surface area contributed by atoms with Crippen molar-refractivity contribution in [2.24, 2.45) is 0 Å². The molecular formula is C17H16O4. The molecule has 2 aromatic rings. The molecule has 4 heteroatoms. The lowest BCUT2D eigenvalue weighted by Crippen LogP contribution is -2.24. The highest BCUT2D eigenvalue weighted by Gasteiger charge is 2.21. The summed E-state index contributed by atoms with van der Waals surface area (Å²) in [5.41, 5.74) is 3.21. The Morgan fingerprint density at radius 3 is 2.67 bits per heavy atom. The van der Waals surface area contributed by atoms with Gasteiger partial charge in [0.25, 0.3) is 0 Å². The van der Waals surface area contributed by atoms with Crippen molar-refractivity contribution < 1.29 is 19.4 Å². The van der Waals surface area contributed by atoms with Gasteiger partial charge in [0, 0.05) is 11.5 Å². The second-order valence-electron chi connectivity index (χ2n) is 5.08. The summed E-state index contributed by atoms with van der Waals surface area (Å²) in [6.45, 7) is 1.49. The molecule has 0 amide bonds. The van der Waals surface area contributed by atoms with Crippen LogP contribution in [0.3, 0.4) is 0 Å². The molecule has 108 valence electrons. The largest absolute Gasteiger partial charge is 0.496 e. The van der Waals surface area contributed by atoms with Gasteiger partial charge in [0.2, 0.25) is 0 Å². The van der Waals surface area contributed by atoms with Crippen molar-refractivity contribution in [2.45, 2.75) is 5.92 Å². The maximum Gasteiger partial charge on any atom is 0.335 e. The highest BCUT2D eigenvalue weighted by atomic mass is 16.5. The number of carboxylic acid groups (broad SMARTS) is 1. The van der Waals surface area contributed by atoms with Crippen molar-refractivity contribution in [3.63, 3.8) is 0 Å². The molecule has 0 unspecified atom stereocenters. The first-order valence-electron chi connectivity index (χ1n) is 6.78. The minimum atomic E-state index is -0.942. The molecule has 0 aliphatic carbocycles. The Labute approximate surface area is 122 Å². The van der Waals surface area contributed by atoms with Crippen LogP contribution >= 0.6 is 0 Å². The minimum Gasteiger partial charge on any atom is -0.496 e. The van der Waals surface area contributed by atoms with Crippen LogP contribution in [0, 0.1) is 0 Å². The summed E-state index contributed by atoms with van der Waals surface area (Å²) in [6.07, 6.45) is 0. The molecule has 0 bridgehead atoms. The van der Waals surface area contributed by atoms with Gasteiger partial charge in [-0.15, -0.1) is 0 Å². The van der Waals surface area contributed by atoms with Gasteiger partial charge in [0.05, 0.1) is 25.9 Å². The van der Waals surface area contributed by atoms with E-state index in [0.717, 1.165) is 24.3 Å². The average molecular weight is 284 g/mol. The van der Waals surface area contributed by atoms with E-state index in [1.165, 1.54) is 5.56 Å². The van der Waals surface area contributed by atoms with Crippen LogP contribution in [0.5, 0.6) is 5.75 Å². The van der Waals surface area contributed by atoms with Gasteiger partial charge in [-0.3, -0.25) is 0 Å². The van der Waals surface area contributed by atoms with Crippen LogP contribution in [0.15, 0.2) is 42.5 Å². The smallest absolute Gasteiger partial charge is 0.335 e. The van der Waals surface area contributed by atoms with Crippen LogP contribution in [0.1, 0.15) is 21.8 Å². The summed E-state index contributed by atoms with van der Waals surface area (Å²) < 4.78 is 10.6. The predicted octanol–water partition coefficient (Wildman–Crippen LogP) is 3.17. The van der Waals surface area contributed by atoms with Crippen molar-refractivity contribution >= 4 is 5.97 Å². The fraction of sp³-hybridized carbons (Fsp3) is 0.235. The van der Waals surface area contributed by atoms with Gasteiger partial charge >= 0.3 is 5.97 Å². The second-order valence-corrected chi connectivity index (χ2v) is 5.08. The van der Waals surface area contributed by atoms with Gasteiger partial charge in [0.1, 0.15) is 5.75 Å². The maximum atomic E-state index is 11.2. The van der Waals surface area contributed by atoms with Crippen LogP contribution in [-0.4, -0.2) is 31.4 Å². The molecule has 1 aliphatic rings. The number of ether oxygens (including phenoxy) is 2. The van der Waals surface area contributed by atoms with E-state index in [4.69, 9.17) is 14.6 Å². The molecule has 0 radical (unpaired) electrons. The summed E-state index contributed by atoms with van der Waals surface area (Å²) in [6, 6.07) is 13.0. The lowest BCUT2D eigenvalue weighted by molar-refractivity contribution is 0.00844. The first-order chi connectivity index (χ1) is 10.2. The number of carboxylic acids is 1. The number of hydrogen-bond acceptors (Lipinski definition) is 3. The molecule has 0 spiro atoms. The fourth-order valence-electron chi connectivity index (χ4n) is 2.45. The molecular weight excluding hydrogens is 268 g/mol. The van der Waals surface area contributed by atoms with E-state index in [0.29, 0.717) is 11.7 Å². The summed E-state index contributed by atoms with van der Waals surface area (Å²) in [5.74, 6) is 0.156. The minimum absolute atomic E-state index is 0.253. The maximum absolute atomic E-state index is 11.2. The van der Waals surface area contributed by atoms with E-state index in [9.17, 15) is 4.79 Å². The molecule has 3 rings (SSSR count). The number of carbonyl (C=O) groups is 1. The average Bonchev–Trinajstić information content (AvgIpc) is 2.45. The molecule has 1 saturated heterocycles. The zero-order valence-electron chi connectivity index (χ0n) is 11.7. The van der Waals surface area contributed by atoms with Crippen molar-refractivity contribution in [2.75, 3.05) is 20.3 Å². The number of aromatic carboxylic acids is 1. The molecule has 0 aromatic heterocycles. The van der Waals surface area contributed by atoms with Crippen LogP contribution in [0.4, 0.5) is 0 Å². The Balaban J connectivity index is 2.05. The van der Waals surface area contributed by atoms with Crippen molar-refractivity contribution in [3.8, 4) is 16.9 Å². The van der Waals surface area contributed by atoms with Crippen LogP contribution in [0.25, 0.3) is 11.1 Å². The zero-order chi connectivity index (χ0) is 14.8. The van der Waals surface area contributed by atoms with E-state index in [2.05, 4.69) is 12.1 Å². The summed E-state index contributed by atoms with van der Waals surface area (Å²) in [5, 5.41) is 9.15. The third-order valence-electron chi connectivity index (χ3n) is 3.75. The summed E-state index contributed by atoms with van der Waals surface area (Å²) >= 11 is 0. The Hall–Kier alpha value is -2.33. The molecule has 1 fully saturated rings. The third kappa shape index (κ3) is 2.62. The Morgan fingerprint density at radius 2 is 2.05 bits per heavy atom.